The van der Waals surface area contributed by atoms with Crippen LogP contribution in [-0.2, 0) is 9.53 Å². The molecule has 6 heteroatoms. The maximum atomic E-state index is 12.7. The van der Waals surface area contributed by atoms with Crippen molar-refractivity contribution >= 4 is 34.1 Å². The lowest BCUT2D eigenvalue weighted by Gasteiger charge is -2.14. The zero-order chi connectivity index (χ0) is 24.0. The second-order valence-electron chi connectivity index (χ2n) is 7.99. The highest BCUT2D eigenvalue weighted by Crippen LogP contribution is 2.37. The molecule has 6 nitrogen and oxygen atoms in total. The largest absolute Gasteiger partial charge is 0.493 e. The molecule has 0 aliphatic heterocycles. The molecule has 0 spiro atoms. The van der Waals surface area contributed by atoms with Gasteiger partial charge in [0.2, 0.25) is 5.91 Å². The van der Waals surface area contributed by atoms with E-state index in [4.69, 9.17) is 13.9 Å². The second kappa shape index (κ2) is 10.9. The number of nitrogens with one attached hydrogen (secondary N) is 1. The van der Waals surface area contributed by atoms with Crippen LogP contribution in [0, 0.1) is 13.8 Å². The summed E-state index contributed by atoms with van der Waals surface area (Å²) in [6.45, 7) is 10.7. The molecule has 33 heavy (non-hydrogen) atoms. The number of aryl methyl sites for hydroxylation is 2. The Bertz CT molecular complexity index is 1170. The third-order valence-electron chi connectivity index (χ3n) is 5.42. The number of unbranched alkanes of at least 4 members (excludes halogenated alkanes) is 1. The molecule has 1 amide bonds. The maximum absolute atomic E-state index is 12.7. The first-order chi connectivity index (χ1) is 15.8. The van der Waals surface area contributed by atoms with Gasteiger partial charge in [0.25, 0.3) is 0 Å². The molecular weight excluding hydrogens is 418 g/mol. The number of hydrogen-bond donors (Lipinski definition) is 1. The van der Waals surface area contributed by atoms with E-state index in [2.05, 4.69) is 5.32 Å². The lowest BCUT2D eigenvalue weighted by atomic mass is 9.98. The van der Waals surface area contributed by atoms with E-state index in [1.165, 1.54) is 0 Å². The van der Waals surface area contributed by atoms with Crippen molar-refractivity contribution in [3.05, 3.63) is 64.9 Å². The van der Waals surface area contributed by atoms with E-state index in [1.807, 2.05) is 40.7 Å². The van der Waals surface area contributed by atoms with Crippen molar-refractivity contribution in [3.8, 4) is 5.75 Å². The monoisotopic (exact) mass is 449 g/mol. The van der Waals surface area contributed by atoms with Crippen LogP contribution in [0.2, 0.25) is 0 Å². The number of fused-ring (bicyclic) bond motifs is 1. The summed E-state index contributed by atoms with van der Waals surface area (Å²) in [4.78, 5) is 24.7. The highest BCUT2D eigenvalue weighted by Gasteiger charge is 2.17. The van der Waals surface area contributed by atoms with Gasteiger partial charge in [-0.1, -0.05) is 13.3 Å². The molecule has 0 atom stereocenters. The molecule has 0 bridgehead atoms. The topological polar surface area (TPSA) is 77.8 Å². The first kappa shape index (κ1) is 24.1. The smallest absolute Gasteiger partial charge is 0.338 e. The number of benzene rings is 2. The Kier molecular flexibility index (Phi) is 7.93. The molecule has 0 fully saturated rings. The van der Waals surface area contributed by atoms with Gasteiger partial charge in [0.1, 0.15) is 11.3 Å². The van der Waals surface area contributed by atoms with Gasteiger partial charge in [0.15, 0.2) is 0 Å². The van der Waals surface area contributed by atoms with Crippen molar-refractivity contribution in [1.29, 1.82) is 0 Å². The molecule has 0 radical (unpaired) electrons. The fraction of sp³-hybridized carbons (Fsp3) is 0.333. The molecule has 3 aromatic rings. The van der Waals surface area contributed by atoms with E-state index in [-0.39, 0.29) is 11.9 Å². The third-order valence-corrected chi connectivity index (χ3v) is 5.42. The van der Waals surface area contributed by atoms with Gasteiger partial charge in [-0.3, -0.25) is 4.79 Å². The van der Waals surface area contributed by atoms with E-state index in [1.54, 1.807) is 36.6 Å². The van der Waals surface area contributed by atoms with Gasteiger partial charge in [-0.25, -0.2) is 4.79 Å². The summed E-state index contributed by atoms with van der Waals surface area (Å²) in [5.74, 6) is 0.0857. The first-order valence-electron chi connectivity index (χ1n) is 11.3. The van der Waals surface area contributed by atoms with Gasteiger partial charge in [-0.05, 0) is 75.6 Å². The SMILES string of the molecule is CCCCOC(=O)c1ccc(NC(=O)/C=C(\C)c2cc3c(C)coc3c(C)c2OCC)cc1. The quantitative estimate of drug-likeness (QED) is 0.231. The summed E-state index contributed by atoms with van der Waals surface area (Å²) < 4.78 is 16.8. The Morgan fingerprint density at radius 2 is 1.85 bits per heavy atom. The first-order valence-corrected chi connectivity index (χ1v) is 11.3. The number of ether oxygens (including phenoxy) is 2. The van der Waals surface area contributed by atoms with Crippen molar-refractivity contribution in [2.24, 2.45) is 0 Å². The van der Waals surface area contributed by atoms with E-state index >= 15 is 0 Å². The Balaban J connectivity index is 1.78. The summed E-state index contributed by atoms with van der Waals surface area (Å²) >= 11 is 0. The minimum absolute atomic E-state index is 0.269. The summed E-state index contributed by atoms with van der Waals surface area (Å²) in [7, 11) is 0. The van der Waals surface area contributed by atoms with Gasteiger partial charge in [-0.15, -0.1) is 0 Å². The molecule has 0 saturated heterocycles. The molecule has 174 valence electrons. The number of esters is 1. The zero-order valence-electron chi connectivity index (χ0n) is 19.9. The number of anilines is 1. The van der Waals surface area contributed by atoms with Gasteiger partial charge >= 0.3 is 5.97 Å². The van der Waals surface area contributed by atoms with Gasteiger partial charge in [0, 0.05) is 28.3 Å². The van der Waals surface area contributed by atoms with Crippen LogP contribution in [0.3, 0.4) is 0 Å². The molecule has 1 heterocycles. The second-order valence-corrected chi connectivity index (χ2v) is 7.99. The van der Waals surface area contributed by atoms with Crippen LogP contribution in [0.15, 0.2) is 47.1 Å². The van der Waals surface area contributed by atoms with Crippen LogP contribution >= 0.6 is 0 Å². The molecule has 1 N–H and O–H groups in total. The number of hydrogen-bond acceptors (Lipinski definition) is 5. The Labute approximate surface area is 194 Å². The standard InChI is InChI=1S/C27H31NO5/c1-6-8-13-32-27(30)20-9-11-21(12-10-20)28-24(29)14-17(3)22-15-23-18(4)16-33-26(23)19(5)25(22)31-7-2/h9-12,14-16H,6-8,13H2,1-5H3,(H,28,29)/b17-14+. The highest BCUT2D eigenvalue weighted by atomic mass is 16.5. The van der Waals surface area contributed by atoms with E-state index < -0.39 is 0 Å². The number of carbonyl (C=O) groups excluding carboxylic acids is 2. The molecule has 0 saturated carbocycles. The molecule has 2 aromatic carbocycles. The number of amides is 1. The predicted molar refractivity (Wildman–Crippen MR) is 131 cm³/mol. The summed E-state index contributed by atoms with van der Waals surface area (Å²) in [5.41, 5.74) is 5.41. The van der Waals surface area contributed by atoms with E-state index in [9.17, 15) is 9.59 Å². The van der Waals surface area contributed by atoms with E-state index in [0.29, 0.717) is 30.2 Å². The third kappa shape index (κ3) is 5.64. The summed E-state index contributed by atoms with van der Waals surface area (Å²) in [6, 6.07) is 8.67. The lowest BCUT2D eigenvalue weighted by molar-refractivity contribution is -0.111. The van der Waals surface area contributed by atoms with Crippen molar-refractivity contribution in [2.45, 2.75) is 47.5 Å². The molecule has 1 aromatic heterocycles. The average Bonchev–Trinajstić information content (AvgIpc) is 3.17. The van der Waals surface area contributed by atoms with Crippen molar-refractivity contribution < 1.29 is 23.5 Å². The molecule has 0 aliphatic carbocycles. The fourth-order valence-electron chi connectivity index (χ4n) is 3.60. The van der Waals surface area contributed by atoms with Crippen LogP contribution in [0.1, 0.15) is 60.7 Å². The summed E-state index contributed by atoms with van der Waals surface area (Å²) in [5, 5.41) is 3.84. The van der Waals surface area contributed by atoms with Crippen molar-refractivity contribution in [2.75, 3.05) is 18.5 Å². The van der Waals surface area contributed by atoms with Gasteiger partial charge < -0.3 is 19.2 Å². The van der Waals surface area contributed by atoms with Crippen LogP contribution in [0.4, 0.5) is 5.69 Å². The van der Waals surface area contributed by atoms with Gasteiger partial charge in [0.05, 0.1) is 25.0 Å². The van der Waals surface area contributed by atoms with Gasteiger partial charge in [-0.2, -0.15) is 0 Å². The van der Waals surface area contributed by atoms with Crippen molar-refractivity contribution in [3.63, 3.8) is 0 Å². The fourth-order valence-corrected chi connectivity index (χ4v) is 3.60. The Hall–Kier alpha value is -3.54. The molecule has 0 unspecified atom stereocenters. The van der Waals surface area contributed by atoms with E-state index in [0.717, 1.165) is 46.1 Å². The normalized spacial score (nSPS) is 11.5. The number of furan rings is 1. The predicted octanol–water partition coefficient (Wildman–Crippen LogP) is 6.45. The lowest BCUT2D eigenvalue weighted by Crippen LogP contribution is -2.10. The van der Waals surface area contributed by atoms with Crippen LogP contribution in [0.25, 0.3) is 16.5 Å². The van der Waals surface area contributed by atoms with Crippen LogP contribution < -0.4 is 10.1 Å². The number of carbonyl (C=O) groups is 2. The Morgan fingerprint density at radius 3 is 2.52 bits per heavy atom. The van der Waals surface area contributed by atoms with Crippen molar-refractivity contribution in [1.82, 2.24) is 0 Å². The highest BCUT2D eigenvalue weighted by molar-refractivity contribution is 6.05. The summed E-state index contributed by atoms with van der Waals surface area (Å²) in [6.07, 6.45) is 5.08. The minimum atomic E-state index is -0.360. The Morgan fingerprint density at radius 1 is 1.12 bits per heavy atom. The minimum Gasteiger partial charge on any atom is -0.493 e. The molecule has 3 rings (SSSR count). The number of allylic oxidation sites excluding steroid dienone is 1. The maximum Gasteiger partial charge on any atom is 0.338 e. The zero-order valence-corrected chi connectivity index (χ0v) is 19.9. The molecule has 0 aliphatic rings. The van der Waals surface area contributed by atoms with Crippen LogP contribution in [0.5, 0.6) is 5.75 Å². The number of rotatable bonds is 9. The van der Waals surface area contributed by atoms with Crippen LogP contribution in [-0.4, -0.2) is 25.1 Å². The molecular formula is C27H31NO5. The average molecular weight is 450 g/mol.